The SMILES string of the molecule is CC(C)(C)OC(=O)Nc1ccc(Oc2ccc(Cl)nn2)c(Cl)c1. The monoisotopic (exact) mass is 355 g/mol. The van der Waals surface area contributed by atoms with E-state index in [1.54, 1.807) is 51.1 Å². The third-order valence-electron chi connectivity index (χ3n) is 2.40. The summed E-state index contributed by atoms with van der Waals surface area (Å²) in [4.78, 5) is 11.7. The second-order valence-corrected chi connectivity index (χ2v) is 6.36. The van der Waals surface area contributed by atoms with E-state index in [0.29, 0.717) is 16.5 Å². The molecular formula is C15H15Cl2N3O3. The second-order valence-electron chi connectivity index (χ2n) is 5.57. The zero-order chi connectivity index (χ0) is 17.0. The summed E-state index contributed by atoms with van der Waals surface area (Å²) in [6.45, 7) is 5.34. The molecule has 1 amide bonds. The standard InChI is InChI=1S/C15H15Cl2N3O3/c1-15(2,3)23-14(21)18-9-4-5-11(10(16)8-9)22-13-7-6-12(17)19-20-13/h4-8H,1-3H3,(H,18,21). The Labute approximate surface area is 143 Å². The molecule has 0 saturated carbocycles. The van der Waals surface area contributed by atoms with E-state index in [0.717, 1.165) is 0 Å². The molecular weight excluding hydrogens is 341 g/mol. The van der Waals surface area contributed by atoms with Gasteiger partial charge in [-0.25, -0.2) is 4.79 Å². The summed E-state index contributed by atoms with van der Waals surface area (Å²) >= 11 is 11.8. The van der Waals surface area contributed by atoms with Crippen LogP contribution in [0.1, 0.15) is 20.8 Å². The highest BCUT2D eigenvalue weighted by atomic mass is 35.5. The van der Waals surface area contributed by atoms with Crippen molar-refractivity contribution in [2.75, 3.05) is 5.32 Å². The fourth-order valence-electron chi connectivity index (χ4n) is 1.55. The molecule has 0 bridgehead atoms. The smallest absolute Gasteiger partial charge is 0.412 e. The molecule has 0 atom stereocenters. The van der Waals surface area contributed by atoms with E-state index in [1.165, 1.54) is 0 Å². The summed E-state index contributed by atoms with van der Waals surface area (Å²) in [5, 5.41) is 10.6. The van der Waals surface area contributed by atoms with Crippen LogP contribution in [0.25, 0.3) is 0 Å². The van der Waals surface area contributed by atoms with Crippen molar-refractivity contribution < 1.29 is 14.3 Å². The van der Waals surface area contributed by atoms with Crippen LogP contribution < -0.4 is 10.1 Å². The van der Waals surface area contributed by atoms with Crippen molar-refractivity contribution in [3.63, 3.8) is 0 Å². The fourth-order valence-corrected chi connectivity index (χ4v) is 1.87. The van der Waals surface area contributed by atoms with Crippen LogP contribution in [0.2, 0.25) is 10.2 Å². The van der Waals surface area contributed by atoms with Gasteiger partial charge in [-0.05, 0) is 45.0 Å². The summed E-state index contributed by atoms with van der Waals surface area (Å²) < 4.78 is 10.7. The maximum atomic E-state index is 11.7. The molecule has 0 radical (unpaired) electrons. The summed E-state index contributed by atoms with van der Waals surface area (Å²) in [5.41, 5.74) is -0.0942. The Morgan fingerprint density at radius 1 is 1.13 bits per heavy atom. The molecule has 1 heterocycles. The third kappa shape index (κ3) is 5.58. The van der Waals surface area contributed by atoms with Crippen LogP contribution >= 0.6 is 23.2 Å². The first-order chi connectivity index (χ1) is 10.7. The molecule has 8 heteroatoms. The lowest BCUT2D eigenvalue weighted by Crippen LogP contribution is -2.27. The van der Waals surface area contributed by atoms with E-state index in [1.807, 2.05) is 0 Å². The summed E-state index contributed by atoms with van der Waals surface area (Å²) in [7, 11) is 0. The number of carbonyl (C=O) groups excluding carboxylic acids is 1. The van der Waals surface area contributed by atoms with Gasteiger partial charge in [0.15, 0.2) is 5.15 Å². The number of hydrogen-bond donors (Lipinski definition) is 1. The van der Waals surface area contributed by atoms with E-state index >= 15 is 0 Å². The highest BCUT2D eigenvalue weighted by molar-refractivity contribution is 6.32. The first kappa shape index (κ1) is 17.3. The highest BCUT2D eigenvalue weighted by Crippen LogP contribution is 2.31. The number of aromatic nitrogens is 2. The highest BCUT2D eigenvalue weighted by Gasteiger charge is 2.16. The summed E-state index contributed by atoms with van der Waals surface area (Å²) in [5.74, 6) is 0.627. The lowest BCUT2D eigenvalue weighted by molar-refractivity contribution is 0.0636. The molecule has 0 spiro atoms. The van der Waals surface area contributed by atoms with Crippen LogP contribution in [0, 0.1) is 0 Å². The van der Waals surface area contributed by atoms with Gasteiger partial charge in [-0.15, -0.1) is 10.2 Å². The topological polar surface area (TPSA) is 73.3 Å². The molecule has 6 nitrogen and oxygen atoms in total. The van der Waals surface area contributed by atoms with Gasteiger partial charge in [0.25, 0.3) is 0 Å². The van der Waals surface area contributed by atoms with Crippen LogP contribution in [0.5, 0.6) is 11.6 Å². The molecule has 0 aliphatic heterocycles. The second kappa shape index (κ2) is 7.02. The van der Waals surface area contributed by atoms with Crippen molar-refractivity contribution in [3.8, 4) is 11.6 Å². The van der Waals surface area contributed by atoms with Gasteiger partial charge in [0, 0.05) is 11.8 Å². The number of benzene rings is 1. The van der Waals surface area contributed by atoms with Crippen molar-refractivity contribution >= 4 is 35.0 Å². The molecule has 1 N–H and O–H groups in total. The Hall–Kier alpha value is -2.05. The molecule has 0 fully saturated rings. The predicted octanol–water partition coefficient (Wildman–Crippen LogP) is 4.92. The van der Waals surface area contributed by atoms with E-state index in [2.05, 4.69) is 15.5 Å². The average molecular weight is 356 g/mol. The lowest BCUT2D eigenvalue weighted by atomic mass is 10.2. The molecule has 23 heavy (non-hydrogen) atoms. The maximum Gasteiger partial charge on any atom is 0.412 e. The number of nitrogens with zero attached hydrogens (tertiary/aromatic N) is 2. The number of ether oxygens (including phenoxy) is 2. The molecule has 1 aromatic carbocycles. The molecule has 122 valence electrons. The zero-order valence-electron chi connectivity index (χ0n) is 12.8. The number of halogens is 2. The van der Waals surface area contributed by atoms with Crippen LogP contribution in [-0.2, 0) is 4.74 Å². The molecule has 0 saturated heterocycles. The minimum absolute atomic E-state index is 0.254. The summed E-state index contributed by atoms with van der Waals surface area (Å²) in [6, 6.07) is 7.90. The van der Waals surface area contributed by atoms with Crippen LogP contribution in [-0.4, -0.2) is 21.9 Å². The molecule has 0 aliphatic carbocycles. The number of hydrogen-bond acceptors (Lipinski definition) is 5. The van der Waals surface area contributed by atoms with Crippen molar-refractivity contribution in [2.45, 2.75) is 26.4 Å². The molecule has 2 aromatic rings. The minimum Gasteiger partial charge on any atom is -0.444 e. The van der Waals surface area contributed by atoms with Crippen molar-refractivity contribution in [1.82, 2.24) is 10.2 Å². The third-order valence-corrected chi connectivity index (χ3v) is 2.90. The molecule has 1 aromatic heterocycles. The number of rotatable bonds is 3. The van der Waals surface area contributed by atoms with E-state index < -0.39 is 11.7 Å². The molecule has 0 aliphatic rings. The van der Waals surface area contributed by atoms with Gasteiger partial charge >= 0.3 is 6.09 Å². The Morgan fingerprint density at radius 2 is 1.87 bits per heavy atom. The average Bonchev–Trinajstić information content (AvgIpc) is 2.42. The quantitative estimate of drug-likeness (QED) is 0.845. The first-order valence-corrected chi connectivity index (χ1v) is 7.45. The van der Waals surface area contributed by atoms with Gasteiger partial charge in [-0.2, -0.15) is 0 Å². The Morgan fingerprint density at radius 3 is 2.43 bits per heavy atom. The first-order valence-electron chi connectivity index (χ1n) is 6.69. The Kier molecular flexibility index (Phi) is 5.28. The van der Waals surface area contributed by atoms with Crippen LogP contribution in [0.4, 0.5) is 10.5 Å². The number of carbonyl (C=O) groups is 1. The fraction of sp³-hybridized carbons (Fsp3) is 0.267. The van der Waals surface area contributed by atoms with Gasteiger partial charge < -0.3 is 9.47 Å². The number of nitrogens with one attached hydrogen (secondary N) is 1. The van der Waals surface area contributed by atoms with Gasteiger partial charge in [0.1, 0.15) is 11.4 Å². The van der Waals surface area contributed by atoms with Crippen molar-refractivity contribution in [1.29, 1.82) is 0 Å². The number of anilines is 1. The number of amides is 1. The molecule has 2 rings (SSSR count). The van der Waals surface area contributed by atoms with Gasteiger partial charge in [-0.3, -0.25) is 5.32 Å². The van der Waals surface area contributed by atoms with Gasteiger partial charge in [-0.1, -0.05) is 23.2 Å². The van der Waals surface area contributed by atoms with Crippen LogP contribution in [0.3, 0.4) is 0 Å². The Balaban J connectivity index is 2.05. The van der Waals surface area contributed by atoms with Crippen LogP contribution in [0.15, 0.2) is 30.3 Å². The van der Waals surface area contributed by atoms with Crippen molar-refractivity contribution in [2.24, 2.45) is 0 Å². The van der Waals surface area contributed by atoms with E-state index in [4.69, 9.17) is 32.7 Å². The van der Waals surface area contributed by atoms with Crippen molar-refractivity contribution in [3.05, 3.63) is 40.5 Å². The predicted molar refractivity (Wildman–Crippen MR) is 88.4 cm³/mol. The van der Waals surface area contributed by atoms with Gasteiger partial charge in [0.05, 0.1) is 5.02 Å². The van der Waals surface area contributed by atoms with E-state index in [9.17, 15) is 4.79 Å². The zero-order valence-corrected chi connectivity index (χ0v) is 14.3. The largest absolute Gasteiger partial charge is 0.444 e. The van der Waals surface area contributed by atoms with E-state index in [-0.39, 0.29) is 11.0 Å². The molecule has 0 unspecified atom stereocenters. The summed E-state index contributed by atoms with van der Waals surface area (Å²) in [6.07, 6.45) is -0.564. The van der Waals surface area contributed by atoms with Gasteiger partial charge in [0.2, 0.25) is 5.88 Å². The maximum absolute atomic E-state index is 11.7. The minimum atomic E-state index is -0.579. The normalized spacial score (nSPS) is 11.0. The Bertz CT molecular complexity index is 700. The lowest BCUT2D eigenvalue weighted by Gasteiger charge is -2.19.